The minimum atomic E-state index is 0.0249. The summed E-state index contributed by atoms with van der Waals surface area (Å²) in [7, 11) is 0. The molecule has 4 nitrogen and oxygen atoms in total. The Morgan fingerprint density at radius 2 is 2.00 bits per heavy atom. The molecule has 0 bridgehead atoms. The molecule has 0 saturated carbocycles. The Morgan fingerprint density at radius 1 is 1.32 bits per heavy atom. The zero-order valence-corrected chi connectivity index (χ0v) is 13.8. The molecular weight excluding hydrogens is 320 g/mol. The third kappa shape index (κ3) is 3.48. The first kappa shape index (κ1) is 15.5. The average molecular weight is 337 g/mol. The number of ether oxygens (including phenoxy) is 1. The summed E-state index contributed by atoms with van der Waals surface area (Å²) in [6, 6.07) is 7.56. The van der Waals surface area contributed by atoms with Crippen LogP contribution in [0.3, 0.4) is 0 Å². The molecule has 1 aromatic heterocycles. The summed E-state index contributed by atoms with van der Waals surface area (Å²) in [5.41, 5.74) is 1.90. The first-order valence-corrected chi connectivity index (χ1v) is 8.45. The molecule has 2 heterocycles. The smallest absolute Gasteiger partial charge is 0.229 e. The van der Waals surface area contributed by atoms with E-state index in [2.05, 4.69) is 10.3 Å². The van der Waals surface area contributed by atoms with Crippen molar-refractivity contribution in [1.29, 1.82) is 0 Å². The van der Waals surface area contributed by atoms with E-state index in [1.165, 1.54) is 11.3 Å². The predicted molar refractivity (Wildman–Crippen MR) is 89.5 cm³/mol. The minimum absolute atomic E-state index is 0.0249. The highest BCUT2D eigenvalue weighted by Gasteiger charge is 2.22. The number of carbonyl (C=O) groups excluding carboxylic acids is 1. The lowest BCUT2D eigenvalue weighted by Crippen LogP contribution is -2.28. The number of nitrogens with zero attached hydrogens (tertiary/aromatic N) is 1. The molecule has 1 fully saturated rings. The van der Waals surface area contributed by atoms with Gasteiger partial charge in [0, 0.05) is 34.6 Å². The number of carbonyl (C=O) groups is 1. The second-order valence-corrected chi connectivity index (χ2v) is 6.95. The number of nitrogens with one attached hydrogen (secondary N) is 1. The van der Waals surface area contributed by atoms with E-state index in [4.69, 9.17) is 16.3 Å². The molecule has 0 radical (unpaired) electrons. The number of thiazole rings is 1. The minimum Gasteiger partial charge on any atom is -0.381 e. The third-order valence-corrected chi connectivity index (χ3v) is 4.87. The lowest BCUT2D eigenvalue weighted by atomic mass is 10.00. The van der Waals surface area contributed by atoms with Gasteiger partial charge in [-0.2, -0.15) is 0 Å². The van der Waals surface area contributed by atoms with Gasteiger partial charge >= 0.3 is 0 Å². The van der Waals surface area contributed by atoms with Gasteiger partial charge in [0.25, 0.3) is 0 Å². The topological polar surface area (TPSA) is 51.2 Å². The Morgan fingerprint density at radius 3 is 2.68 bits per heavy atom. The highest BCUT2D eigenvalue weighted by molar-refractivity contribution is 7.16. The highest BCUT2D eigenvalue weighted by atomic mass is 35.5. The zero-order chi connectivity index (χ0) is 15.5. The van der Waals surface area contributed by atoms with Crippen molar-refractivity contribution in [1.82, 2.24) is 4.98 Å². The molecule has 0 aliphatic carbocycles. The number of aromatic nitrogens is 1. The van der Waals surface area contributed by atoms with Gasteiger partial charge in [0.1, 0.15) is 0 Å². The number of amides is 1. The lowest BCUT2D eigenvalue weighted by molar-refractivity contribution is -0.122. The Balaban J connectivity index is 1.74. The summed E-state index contributed by atoms with van der Waals surface area (Å²) in [4.78, 5) is 17.9. The fraction of sp³-hybridized carbons (Fsp3) is 0.375. The van der Waals surface area contributed by atoms with Crippen LogP contribution in [0.4, 0.5) is 5.13 Å². The van der Waals surface area contributed by atoms with Crippen molar-refractivity contribution in [3.05, 3.63) is 34.2 Å². The van der Waals surface area contributed by atoms with Crippen LogP contribution in [0.15, 0.2) is 24.3 Å². The molecule has 1 amide bonds. The molecular formula is C16H17ClN2O2S. The maximum absolute atomic E-state index is 12.3. The molecule has 0 unspecified atom stereocenters. The summed E-state index contributed by atoms with van der Waals surface area (Å²) in [6.07, 6.45) is 1.56. The van der Waals surface area contributed by atoms with Crippen LogP contribution in [0, 0.1) is 12.8 Å². The van der Waals surface area contributed by atoms with E-state index in [1.807, 2.05) is 31.2 Å². The fourth-order valence-corrected chi connectivity index (χ4v) is 3.46. The first-order chi connectivity index (χ1) is 10.6. The highest BCUT2D eigenvalue weighted by Crippen LogP contribution is 2.31. The van der Waals surface area contributed by atoms with Gasteiger partial charge in [-0.25, -0.2) is 4.98 Å². The van der Waals surface area contributed by atoms with Crippen molar-refractivity contribution in [3.63, 3.8) is 0 Å². The Kier molecular flexibility index (Phi) is 4.76. The largest absolute Gasteiger partial charge is 0.381 e. The van der Waals surface area contributed by atoms with Gasteiger partial charge in [0.05, 0.1) is 5.69 Å². The van der Waals surface area contributed by atoms with Crippen molar-refractivity contribution in [2.45, 2.75) is 19.8 Å². The van der Waals surface area contributed by atoms with E-state index in [0.717, 1.165) is 29.0 Å². The monoisotopic (exact) mass is 336 g/mol. The van der Waals surface area contributed by atoms with Crippen LogP contribution < -0.4 is 5.32 Å². The number of halogens is 1. The lowest BCUT2D eigenvalue weighted by Gasteiger charge is -2.20. The van der Waals surface area contributed by atoms with Crippen LogP contribution in [-0.2, 0) is 9.53 Å². The molecule has 6 heteroatoms. The van der Waals surface area contributed by atoms with E-state index in [9.17, 15) is 4.79 Å². The molecule has 1 saturated heterocycles. The Labute approximate surface area is 138 Å². The van der Waals surface area contributed by atoms with Crippen molar-refractivity contribution in [2.75, 3.05) is 18.5 Å². The van der Waals surface area contributed by atoms with Crippen LogP contribution in [0.25, 0.3) is 11.3 Å². The number of hydrogen-bond acceptors (Lipinski definition) is 4. The SMILES string of the molecule is Cc1sc(NC(=O)C2CCOCC2)nc1-c1ccc(Cl)cc1. The molecule has 3 rings (SSSR count). The maximum Gasteiger partial charge on any atom is 0.229 e. The summed E-state index contributed by atoms with van der Waals surface area (Å²) in [6.45, 7) is 3.32. The van der Waals surface area contributed by atoms with Crippen molar-refractivity contribution in [3.8, 4) is 11.3 Å². The number of benzene rings is 1. The van der Waals surface area contributed by atoms with E-state index in [1.54, 1.807) is 0 Å². The van der Waals surface area contributed by atoms with E-state index in [-0.39, 0.29) is 11.8 Å². The molecule has 0 atom stereocenters. The van der Waals surface area contributed by atoms with Gasteiger partial charge < -0.3 is 10.1 Å². The molecule has 116 valence electrons. The summed E-state index contributed by atoms with van der Waals surface area (Å²) < 4.78 is 5.29. The molecule has 1 N–H and O–H groups in total. The van der Waals surface area contributed by atoms with Crippen LogP contribution in [-0.4, -0.2) is 24.1 Å². The Bertz CT molecular complexity index is 663. The number of rotatable bonds is 3. The quantitative estimate of drug-likeness (QED) is 0.916. The van der Waals surface area contributed by atoms with Crippen LogP contribution in [0.2, 0.25) is 5.02 Å². The van der Waals surface area contributed by atoms with Gasteiger partial charge in [-0.3, -0.25) is 4.79 Å². The molecule has 22 heavy (non-hydrogen) atoms. The van der Waals surface area contributed by atoms with Gasteiger partial charge in [-0.05, 0) is 31.9 Å². The standard InChI is InChI=1S/C16H17ClN2O2S/c1-10-14(11-2-4-13(17)5-3-11)18-16(22-10)19-15(20)12-6-8-21-9-7-12/h2-5,12H,6-9H2,1H3,(H,18,19,20). The number of aryl methyl sites for hydroxylation is 1. The molecule has 1 aliphatic rings. The average Bonchev–Trinajstić information content (AvgIpc) is 2.89. The molecule has 1 aromatic carbocycles. The second kappa shape index (κ2) is 6.77. The zero-order valence-electron chi connectivity index (χ0n) is 12.3. The van der Waals surface area contributed by atoms with Crippen LogP contribution >= 0.6 is 22.9 Å². The van der Waals surface area contributed by atoms with Gasteiger partial charge in [-0.15, -0.1) is 11.3 Å². The summed E-state index contributed by atoms with van der Waals surface area (Å²) in [5, 5.41) is 4.29. The van der Waals surface area contributed by atoms with Crippen LogP contribution in [0.5, 0.6) is 0 Å². The summed E-state index contributed by atoms with van der Waals surface area (Å²) >= 11 is 7.41. The summed E-state index contributed by atoms with van der Waals surface area (Å²) in [5.74, 6) is 0.0663. The van der Waals surface area contributed by atoms with E-state index >= 15 is 0 Å². The second-order valence-electron chi connectivity index (χ2n) is 5.31. The predicted octanol–water partition coefficient (Wildman–Crippen LogP) is 4.14. The molecule has 2 aromatic rings. The van der Waals surface area contributed by atoms with Gasteiger partial charge in [0.2, 0.25) is 5.91 Å². The van der Waals surface area contributed by atoms with E-state index < -0.39 is 0 Å². The van der Waals surface area contributed by atoms with Crippen molar-refractivity contribution >= 4 is 34.0 Å². The fourth-order valence-electron chi connectivity index (χ4n) is 2.49. The van der Waals surface area contributed by atoms with Gasteiger partial charge in [-0.1, -0.05) is 23.7 Å². The van der Waals surface area contributed by atoms with Crippen molar-refractivity contribution < 1.29 is 9.53 Å². The van der Waals surface area contributed by atoms with Crippen LogP contribution in [0.1, 0.15) is 17.7 Å². The third-order valence-electron chi connectivity index (χ3n) is 3.74. The number of hydrogen-bond donors (Lipinski definition) is 1. The van der Waals surface area contributed by atoms with Crippen molar-refractivity contribution in [2.24, 2.45) is 5.92 Å². The maximum atomic E-state index is 12.3. The first-order valence-electron chi connectivity index (χ1n) is 7.25. The Hall–Kier alpha value is -1.43. The molecule has 0 spiro atoms. The molecule has 1 aliphatic heterocycles. The number of anilines is 1. The van der Waals surface area contributed by atoms with Gasteiger partial charge in [0.15, 0.2) is 5.13 Å². The van der Waals surface area contributed by atoms with E-state index in [0.29, 0.717) is 23.4 Å². The normalized spacial score (nSPS) is 15.7.